The van der Waals surface area contributed by atoms with Crippen molar-refractivity contribution in [2.75, 3.05) is 24.6 Å². The van der Waals surface area contributed by atoms with Crippen LogP contribution >= 0.6 is 16.9 Å². The highest BCUT2D eigenvalue weighted by Gasteiger charge is 2.30. The molecule has 0 amide bonds. The van der Waals surface area contributed by atoms with Gasteiger partial charge >= 0.3 is 0 Å². The largest absolute Gasteiger partial charge is 0.477 e. The number of nitrogens with zero attached hydrogens (tertiary/aromatic N) is 2. The quantitative estimate of drug-likeness (QED) is 0.777. The van der Waals surface area contributed by atoms with Crippen LogP contribution < -0.4 is 4.67 Å². The molecule has 1 aliphatic heterocycles. The lowest BCUT2D eigenvalue weighted by molar-refractivity contribution is 0.329. The predicted octanol–water partition coefficient (Wildman–Crippen LogP) is 3.51. The third-order valence-electron chi connectivity index (χ3n) is 2.60. The van der Waals surface area contributed by atoms with Crippen molar-refractivity contribution in [3.8, 4) is 0 Å². The van der Waals surface area contributed by atoms with Crippen LogP contribution in [0.5, 0.6) is 0 Å². The number of fused-ring (bicyclic) bond motifs is 1. The molecule has 0 aromatic heterocycles. The van der Waals surface area contributed by atoms with Crippen LogP contribution in [0, 0.1) is 0 Å². The minimum absolute atomic E-state index is 0.612. The number of benzene rings is 1. The fourth-order valence-corrected chi connectivity index (χ4v) is 4.97. The van der Waals surface area contributed by atoms with E-state index in [1.807, 2.05) is 38.4 Å². The normalized spacial score (nSPS) is 23.0. The maximum absolute atomic E-state index is 5.68. The van der Waals surface area contributed by atoms with Crippen LogP contribution in [0.4, 0.5) is 5.69 Å². The summed E-state index contributed by atoms with van der Waals surface area (Å²) in [5, 5.41) is 0. The zero-order valence-corrected chi connectivity index (χ0v) is 12.6. The molecule has 17 heavy (non-hydrogen) atoms. The van der Waals surface area contributed by atoms with Crippen molar-refractivity contribution < 1.29 is 4.74 Å². The minimum Gasteiger partial charge on any atom is -0.477 e. The van der Waals surface area contributed by atoms with Gasteiger partial charge < -0.3 is 9.41 Å². The van der Waals surface area contributed by atoms with E-state index >= 15 is 0 Å². The lowest BCUT2D eigenvalue weighted by atomic mass is 10.2. The summed E-state index contributed by atoms with van der Waals surface area (Å²) in [6, 6.07) is 8.11. The second kappa shape index (κ2) is 5.01. The Labute approximate surface area is 111 Å². The number of ether oxygens (including phenoxy) is 1. The van der Waals surface area contributed by atoms with E-state index < -0.39 is 5.54 Å². The first-order chi connectivity index (χ1) is 8.12. The van der Waals surface area contributed by atoms with Crippen molar-refractivity contribution in [2.45, 2.75) is 6.92 Å². The molecule has 1 aromatic carbocycles. The zero-order valence-electron chi connectivity index (χ0n) is 10.1. The van der Waals surface area contributed by atoms with Gasteiger partial charge in [-0.2, -0.15) is 4.76 Å². The van der Waals surface area contributed by atoms with Crippen LogP contribution in [0.25, 0.3) is 0 Å². The average molecular weight is 286 g/mol. The predicted molar refractivity (Wildman–Crippen MR) is 80.8 cm³/mol. The summed E-state index contributed by atoms with van der Waals surface area (Å²) in [5.41, 5.74) is 0.191. The molecule has 0 radical (unpaired) electrons. The number of hydrogen-bond donors (Lipinski definition) is 0. The van der Waals surface area contributed by atoms with Crippen molar-refractivity contribution in [1.82, 2.24) is 0 Å². The number of anilines is 1. The van der Waals surface area contributed by atoms with E-state index in [2.05, 4.69) is 15.5 Å². The third kappa shape index (κ3) is 2.24. The van der Waals surface area contributed by atoms with Crippen LogP contribution in [0.1, 0.15) is 12.5 Å². The van der Waals surface area contributed by atoms with Gasteiger partial charge in [0.15, 0.2) is 0 Å². The van der Waals surface area contributed by atoms with Crippen LogP contribution in [0.3, 0.4) is 0 Å². The fourth-order valence-electron chi connectivity index (χ4n) is 1.72. The molecule has 3 nitrogen and oxygen atoms in total. The molecule has 0 bridgehead atoms. The van der Waals surface area contributed by atoms with Gasteiger partial charge in [0.05, 0.1) is 17.9 Å². The molecule has 2 rings (SSSR count). The molecule has 1 heterocycles. The van der Waals surface area contributed by atoms with Crippen molar-refractivity contribution >= 4 is 40.3 Å². The highest BCUT2D eigenvalue weighted by molar-refractivity contribution is 8.70. The molecular weight excluding hydrogens is 271 g/mol. The Morgan fingerprint density at radius 2 is 2.18 bits per heavy atom. The molecular formula is C11H15N2OPS2. The third-order valence-corrected chi connectivity index (χ3v) is 9.21. The van der Waals surface area contributed by atoms with Gasteiger partial charge in [0.1, 0.15) is 0 Å². The zero-order chi connectivity index (χ0) is 12.5. The Morgan fingerprint density at radius 3 is 2.82 bits per heavy atom. The standard InChI is InChI=1S/C11H15N2OPS2/c1-4-14-11-9-7-5-6-8-10(9)13(2)15(16,12-11)17-3/h5-8H,4H2,1-3H3. The number of para-hydroxylation sites is 1. The molecule has 0 spiro atoms. The molecule has 6 heteroatoms. The lowest BCUT2D eigenvalue weighted by Gasteiger charge is -2.34. The van der Waals surface area contributed by atoms with Gasteiger partial charge in [0, 0.05) is 7.05 Å². The van der Waals surface area contributed by atoms with Crippen LogP contribution in [-0.2, 0) is 16.5 Å². The van der Waals surface area contributed by atoms with E-state index in [9.17, 15) is 0 Å². The van der Waals surface area contributed by atoms with E-state index in [1.165, 1.54) is 0 Å². The second-order valence-electron chi connectivity index (χ2n) is 3.55. The van der Waals surface area contributed by atoms with Crippen molar-refractivity contribution in [2.24, 2.45) is 4.76 Å². The fraction of sp³-hybridized carbons (Fsp3) is 0.364. The summed E-state index contributed by atoms with van der Waals surface area (Å²) < 4.78 is 12.4. The van der Waals surface area contributed by atoms with Gasteiger partial charge in [0.2, 0.25) is 11.4 Å². The highest BCUT2D eigenvalue weighted by atomic mass is 32.9. The van der Waals surface area contributed by atoms with Gasteiger partial charge in [-0.25, -0.2) is 0 Å². The summed E-state index contributed by atoms with van der Waals surface area (Å²) >= 11 is 7.31. The van der Waals surface area contributed by atoms with Gasteiger partial charge in [-0.15, -0.1) is 0 Å². The minimum atomic E-state index is -1.96. The van der Waals surface area contributed by atoms with E-state index in [0.717, 1.165) is 11.3 Å². The Balaban J connectivity index is 2.58. The first-order valence-electron chi connectivity index (χ1n) is 5.35. The van der Waals surface area contributed by atoms with E-state index in [0.29, 0.717) is 12.5 Å². The molecule has 92 valence electrons. The van der Waals surface area contributed by atoms with E-state index in [1.54, 1.807) is 11.4 Å². The van der Waals surface area contributed by atoms with E-state index in [4.69, 9.17) is 16.5 Å². The summed E-state index contributed by atoms with van der Waals surface area (Å²) in [4.78, 5) is 0. The van der Waals surface area contributed by atoms with Crippen LogP contribution in [-0.4, -0.2) is 25.8 Å². The molecule has 0 saturated carbocycles. The molecule has 0 N–H and O–H groups in total. The Bertz CT molecular complexity index is 504. The maximum Gasteiger partial charge on any atom is 0.224 e. The van der Waals surface area contributed by atoms with Gasteiger partial charge in [0.25, 0.3) is 0 Å². The smallest absolute Gasteiger partial charge is 0.224 e. The van der Waals surface area contributed by atoms with Crippen molar-refractivity contribution in [3.63, 3.8) is 0 Å². The molecule has 0 saturated heterocycles. The SMILES string of the molecule is CCOC1=NP(=S)(SC)N(C)c2ccccc21. The summed E-state index contributed by atoms with van der Waals surface area (Å²) in [6.07, 6.45) is 2.01. The van der Waals surface area contributed by atoms with Gasteiger partial charge in [-0.3, -0.25) is 0 Å². The van der Waals surface area contributed by atoms with Gasteiger partial charge in [-0.1, -0.05) is 23.5 Å². The molecule has 1 unspecified atom stereocenters. The Hall–Kier alpha value is -0.510. The monoisotopic (exact) mass is 286 g/mol. The summed E-state index contributed by atoms with van der Waals surface area (Å²) in [6.45, 7) is 2.58. The molecule has 0 fully saturated rings. The number of hydrogen-bond acceptors (Lipinski definition) is 3. The maximum atomic E-state index is 5.68. The molecule has 1 aromatic rings. The van der Waals surface area contributed by atoms with Crippen LogP contribution in [0.2, 0.25) is 0 Å². The Morgan fingerprint density at radius 1 is 1.47 bits per heavy atom. The first-order valence-corrected chi connectivity index (χ1v) is 9.88. The Kier molecular flexibility index (Phi) is 3.81. The van der Waals surface area contributed by atoms with Gasteiger partial charge in [-0.05, 0) is 37.1 Å². The molecule has 1 atom stereocenters. The second-order valence-corrected chi connectivity index (χ2v) is 10.5. The van der Waals surface area contributed by atoms with Crippen LogP contribution in [0.15, 0.2) is 29.0 Å². The first kappa shape index (κ1) is 12.9. The average Bonchev–Trinajstić information content (AvgIpc) is 2.36. The molecule has 0 aliphatic carbocycles. The topological polar surface area (TPSA) is 24.8 Å². The highest BCUT2D eigenvalue weighted by Crippen LogP contribution is 2.65. The summed E-state index contributed by atoms with van der Waals surface area (Å²) in [7, 11) is 2.02. The summed E-state index contributed by atoms with van der Waals surface area (Å²) in [5.74, 6) is 0.693. The van der Waals surface area contributed by atoms with Crippen molar-refractivity contribution in [3.05, 3.63) is 29.8 Å². The molecule has 1 aliphatic rings. The number of rotatable bonds is 2. The van der Waals surface area contributed by atoms with Crippen molar-refractivity contribution in [1.29, 1.82) is 0 Å². The lowest BCUT2D eigenvalue weighted by Crippen LogP contribution is -2.21. The van der Waals surface area contributed by atoms with E-state index in [-0.39, 0.29) is 0 Å².